The molecule has 1 atom stereocenters. The van der Waals surface area contributed by atoms with Crippen LogP contribution in [0.2, 0.25) is 0 Å². The van der Waals surface area contributed by atoms with Gasteiger partial charge in [-0.25, -0.2) is 4.39 Å². The Bertz CT molecular complexity index is 644. The van der Waals surface area contributed by atoms with Gasteiger partial charge < -0.3 is 9.84 Å². The van der Waals surface area contributed by atoms with E-state index in [4.69, 9.17) is 4.74 Å². The van der Waals surface area contributed by atoms with Crippen LogP contribution in [0.5, 0.6) is 0 Å². The second-order valence-corrected chi connectivity index (χ2v) is 6.54. The van der Waals surface area contributed by atoms with Crippen molar-refractivity contribution in [3.63, 3.8) is 0 Å². The van der Waals surface area contributed by atoms with Crippen molar-refractivity contribution in [2.75, 3.05) is 7.11 Å². The highest BCUT2D eigenvalue weighted by Gasteiger charge is 2.29. The number of hydrogen-bond donors (Lipinski definition) is 1. The van der Waals surface area contributed by atoms with E-state index in [1.54, 1.807) is 19.2 Å². The number of benzene rings is 2. The highest BCUT2D eigenvalue weighted by Crippen LogP contribution is 2.41. The third-order valence-corrected chi connectivity index (χ3v) is 3.77. The van der Waals surface area contributed by atoms with Crippen LogP contribution in [-0.4, -0.2) is 12.2 Å². The van der Waals surface area contributed by atoms with Crippen LogP contribution in [0, 0.1) is 11.2 Å². The normalized spacial score (nSPS) is 13.2. The lowest BCUT2D eigenvalue weighted by atomic mass is 9.81. The van der Waals surface area contributed by atoms with E-state index < -0.39 is 0 Å². The van der Waals surface area contributed by atoms with Gasteiger partial charge in [0.15, 0.2) is 0 Å². The second-order valence-electron chi connectivity index (χ2n) is 6.54. The van der Waals surface area contributed by atoms with E-state index in [-0.39, 0.29) is 23.9 Å². The lowest BCUT2D eigenvalue weighted by Crippen LogP contribution is -2.21. The van der Waals surface area contributed by atoms with E-state index in [0.717, 1.165) is 16.7 Å². The molecule has 2 aromatic rings. The van der Waals surface area contributed by atoms with Crippen LogP contribution in [-0.2, 0) is 11.3 Å². The van der Waals surface area contributed by atoms with Crippen LogP contribution < -0.4 is 0 Å². The second kappa shape index (κ2) is 6.59. The third-order valence-electron chi connectivity index (χ3n) is 3.77. The molecule has 3 heteroatoms. The van der Waals surface area contributed by atoms with Crippen molar-refractivity contribution in [2.24, 2.45) is 5.41 Å². The monoisotopic (exact) mass is 302 g/mol. The lowest BCUT2D eigenvalue weighted by Gasteiger charge is -2.31. The van der Waals surface area contributed by atoms with Gasteiger partial charge in [-0.05, 0) is 28.2 Å². The molecule has 118 valence electrons. The smallest absolute Gasteiger partial charge is 0.131 e. The van der Waals surface area contributed by atoms with Gasteiger partial charge in [-0.1, -0.05) is 57.2 Å². The van der Waals surface area contributed by atoms with E-state index in [1.807, 2.05) is 24.3 Å². The summed E-state index contributed by atoms with van der Waals surface area (Å²) in [5, 5.41) is 9.42. The van der Waals surface area contributed by atoms with Crippen molar-refractivity contribution >= 4 is 0 Å². The minimum atomic E-state index is -0.260. The fourth-order valence-corrected chi connectivity index (χ4v) is 2.80. The molecule has 0 aromatic heterocycles. The third kappa shape index (κ3) is 3.37. The number of methoxy groups -OCH3 is 1. The van der Waals surface area contributed by atoms with Crippen LogP contribution in [0.3, 0.4) is 0 Å². The molecule has 0 heterocycles. The number of aliphatic hydroxyl groups excluding tert-OH is 1. The van der Waals surface area contributed by atoms with Crippen molar-refractivity contribution in [1.29, 1.82) is 0 Å². The van der Waals surface area contributed by atoms with Gasteiger partial charge in [0.05, 0.1) is 12.7 Å². The number of hydrogen-bond acceptors (Lipinski definition) is 2. The summed E-state index contributed by atoms with van der Waals surface area (Å²) in [5.41, 5.74) is 2.89. The SMILES string of the molecule is CO[C@@H](c1cc(CO)ccc1-c1ccccc1F)C(C)(C)C. The molecule has 0 aliphatic carbocycles. The molecule has 0 aliphatic rings. The first-order chi connectivity index (χ1) is 10.4. The van der Waals surface area contributed by atoms with Gasteiger partial charge in [-0.3, -0.25) is 0 Å². The molecule has 0 radical (unpaired) electrons. The Morgan fingerprint density at radius 2 is 1.77 bits per heavy atom. The van der Waals surface area contributed by atoms with Crippen molar-refractivity contribution in [3.05, 3.63) is 59.4 Å². The average molecular weight is 302 g/mol. The quantitative estimate of drug-likeness (QED) is 0.885. The maximum absolute atomic E-state index is 14.2. The van der Waals surface area contributed by atoms with Gasteiger partial charge in [-0.2, -0.15) is 0 Å². The van der Waals surface area contributed by atoms with Crippen LogP contribution in [0.4, 0.5) is 4.39 Å². The van der Waals surface area contributed by atoms with Crippen molar-refractivity contribution in [3.8, 4) is 11.1 Å². The Balaban J connectivity index is 2.67. The summed E-state index contributed by atoms with van der Waals surface area (Å²) in [6.07, 6.45) is -0.200. The summed E-state index contributed by atoms with van der Waals surface area (Å²) in [5.74, 6) is -0.260. The van der Waals surface area contributed by atoms with Gasteiger partial charge in [-0.15, -0.1) is 0 Å². The zero-order valence-electron chi connectivity index (χ0n) is 13.6. The molecule has 0 unspecified atom stereocenters. The topological polar surface area (TPSA) is 29.5 Å². The number of aliphatic hydroxyl groups is 1. The predicted octanol–water partition coefficient (Wildman–Crippen LogP) is 4.72. The number of rotatable bonds is 4. The Hall–Kier alpha value is -1.71. The van der Waals surface area contributed by atoms with Gasteiger partial charge >= 0.3 is 0 Å². The molecule has 0 fully saturated rings. The van der Waals surface area contributed by atoms with Crippen LogP contribution in [0.25, 0.3) is 11.1 Å². The van der Waals surface area contributed by atoms with Gasteiger partial charge in [0.2, 0.25) is 0 Å². The molecule has 2 rings (SSSR count). The molecule has 0 amide bonds. The fraction of sp³-hybridized carbons (Fsp3) is 0.368. The Morgan fingerprint density at radius 3 is 2.32 bits per heavy atom. The molecule has 0 saturated heterocycles. The molecule has 22 heavy (non-hydrogen) atoms. The average Bonchev–Trinajstić information content (AvgIpc) is 2.47. The van der Waals surface area contributed by atoms with Gasteiger partial charge in [0.1, 0.15) is 5.82 Å². The van der Waals surface area contributed by atoms with E-state index >= 15 is 0 Å². The Kier molecular flexibility index (Phi) is 4.99. The van der Waals surface area contributed by atoms with Crippen LogP contribution in [0.15, 0.2) is 42.5 Å². The summed E-state index contributed by atoms with van der Waals surface area (Å²) < 4.78 is 19.9. The fourth-order valence-electron chi connectivity index (χ4n) is 2.80. The highest BCUT2D eigenvalue weighted by atomic mass is 19.1. The zero-order valence-corrected chi connectivity index (χ0v) is 13.6. The first kappa shape index (κ1) is 16.7. The molecule has 0 aliphatic heterocycles. The summed E-state index contributed by atoms with van der Waals surface area (Å²) in [4.78, 5) is 0. The first-order valence-electron chi connectivity index (χ1n) is 7.40. The molecule has 1 N–H and O–H groups in total. The summed E-state index contributed by atoms with van der Waals surface area (Å²) in [7, 11) is 1.66. The molecule has 0 saturated carbocycles. The minimum absolute atomic E-state index is 0.0505. The molecular weight excluding hydrogens is 279 g/mol. The van der Waals surface area contributed by atoms with E-state index in [9.17, 15) is 9.50 Å². The van der Waals surface area contributed by atoms with Crippen molar-refractivity contribution in [2.45, 2.75) is 33.5 Å². The van der Waals surface area contributed by atoms with Gasteiger partial charge in [0, 0.05) is 12.7 Å². The van der Waals surface area contributed by atoms with E-state index in [2.05, 4.69) is 20.8 Å². The van der Waals surface area contributed by atoms with Crippen molar-refractivity contribution in [1.82, 2.24) is 0 Å². The summed E-state index contributed by atoms with van der Waals surface area (Å²) in [6, 6.07) is 12.3. The predicted molar refractivity (Wildman–Crippen MR) is 87.0 cm³/mol. The van der Waals surface area contributed by atoms with E-state index in [1.165, 1.54) is 6.07 Å². The largest absolute Gasteiger partial charge is 0.392 e. The zero-order chi connectivity index (χ0) is 16.3. The van der Waals surface area contributed by atoms with Gasteiger partial charge in [0.25, 0.3) is 0 Å². The van der Waals surface area contributed by atoms with Crippen LogP contribution in [0.1, 0.15) is 38.0 Å². The molecular formula is C19H23FO2. The number of halogens is 1. The summed E-state index contributed by atoms with van der Waals surface area (Å²) in [6.45, 7) is 6.19. The van der Waals surface area contributed by atoms with E-state index in [0.29, 0.717) is 5.56 Å². The molecule has 2 aromatic carbocycles. The lowest BCUT2D eigenvalue weighted by molar-refractivity contribution is 0.0155. The van der Waals surface area contributed by atoms with Crippen LogP contribution >= 0.6 is 0 Å². The maximum Gasteiger partial charge on any atom is 0.131 e. The molecule has 0 spiro atoms. The number of ether oxygens (including phenoxy) is 1. The van der Waals surface area contributed by atoms with Crippen molar-refractivity contribution < 1.29 is 14.2 Å². The standard InChI is InChI=1S/C19H23FO2/c1-19(2,3)18(22-4)16-11-13(12-21)9-10-14(16)15-7-5-6-8-17(15)20/h5-11,18,21H,12H2,1-4H3/t18-/m0/s1. The Labute approximate surface area is 131 Å². The molecule has 0 bridgehead atoms. The first-order valence-corrected chi connectivity index (χ1v) is 7.40. The molecule has 2 nitrogen and oxygen atoms in total. The Morgan fingerprint density at radius 1 is 1.09 bits per heavy atom. The minimum Gasteiger partial charge on any atom is -0.392 e. The summed E-state index contributed by atoms with van der Waals surface area (Å²) >= 11 is 0. The maximum atomic E-state index is 14.2. The highest BCUT2D eigenvalue weighted by molar-refractivity contribution is 5.69.